The highest BCUT2D eigenvalue weighted by molar-refractivity contribution is 6.32. The Morgan fingerprint density at radius 2 is 2.21 bits per heavy atom. The van der Waals surface area contributed by atoms with Crippen molar-refractivity contribution in [2.24, 2.45) is 0 Å². The van der Waals surface area contributed by atoms with Crippen LogP contribution in [0.4, 0.5) is 0 Å². The van der Waals surface area contributed by atoms with Crippen molar-refractivity contribution in [1.29, 1.82) is 0 Å². The molecule has 4 heteroatoms. The molecule has 3 nitrogen and oxygen atoms in total. The SMILES string of the molecule is C[C@@H](CO)NCc1cccc(Cl)c1O. The molecule has 0 radical (unpaired) electrons. The van der Waals surface area contributed by atoms with Gasteiger partial charge in [0.05, 0.1) is 11.6 Å². The third-order valence-corrected chi connectivity index (χ3v) is 2.29. The second kappa shape index (κ2) is 5.20. The van der Waals surface area contributed by atoms with Crippen molar-refractivity contribution in [1.82, 2.24) is 5.32 Å². The first-order chi connectivity index (χ1) is 6.65. The third-order valence-electron chi connectivity index (χ3n) is 1.99. The predicted octanol–water partition coefficient (Wildman–Crippen LogP) is 1.52. The number of nitrogens with one attached hydrogen (secondary N) is 1. The average molecular weight is 216 g/mol. The van der Waals surface area contributed by atoms with Crippen molar-refractivity contribution in [2.45, 2.75) is 19.5 Å². The van der Waals surface area contributed by atoms with Crippen molar-refractivity contribution in [3.05, 3.63) is 28.8 Å². The zero-order valence-corrected chi connectivity index (χ0v) is 8.75. The molecule has 0 spiro atoms. The summed E-state index contributed by atoms with van der Waals surface area (Å²) in [7, 11) is 0. The van der Waals surface area contributed by atoms with Crippen LogP contribution < -0.4 is 5.32 Å². The Labute approximate surface area is 88.3 Å². The quantitative estimate of drug-likeness (QED) is 0.714. The van der Waals surface area contributed by atoms with Crippen LogP contribution in [-0.2, 0) is 6.54 Å². The maximum Gasteiger partial charge on any atom is 0.138 e. The molecule has 1 aromatic rings. The van der Waals surface area contributed by atoms with Gasteiger partial charge in [0.1, 0.15) is 5.75 Å². The van der Waals surface area contributed by atoms with Crippen molar-refractivity contribution in [3.8, 4) is 5.75 Å². The molecule has 0 saturated carbocycles. The molecule has 1 atom stereocenters. The van der Waals surface area contributed by atoms with Crippen LogP contribution in [0.3, 0.4) is 0 Å². The Bertz CT molecular complexity index is 304. The van der Waals surface area contributed by atoms with Crippen LogP contribution in [0.15, 0.2) is 18.2 Å². The summed E-state index contributed by atoms with van der Waals surface area (Å²) < 4.78 is 0. The maximum absolute atomic E-state index is 9.55. The van der Waals surface area contributed by atoms with Gasteiger partial charge in [0, 0.05) is 18.2 Å². The zero-order chi connectivity index (χ0) is 10.6. The highest BCUT2D eigenvalue weighted by atomic mass is 35.5. The minimum absolute atomic E-state index is 0.00776. The number of aromatic hydroxyl groups is 1. The lowest BCUT2D eigenvalue weighted by Crippen LogP contribution is -2.28. The molecule has 0 heterocycles. The molecule has 1 aromatic carbocycles. The van der Waals surface area contributed by atoms with E-state index in [9.17, 15) is 5.11 Å². The number of hydrogen-bond acceptors (Lipinski definition) is 3. The van der Waals surface area contributed by atoms with Crippen molar-refractivity contribution in [2.75, 3.05) is 6.61 Å². The van der Waals surface area contributed by atoms with Crippen LogP contribution in [0.25, 0.3) is 0 Å². The van der Waals surface area contributed by atoms with E-state index >= 15 is 0 Å². The van der Waals surface area contributed by atoms with Gasteiger partial charge in [0.15, 0.2) is 0 Å². The second-order valence-electron chi connectivity index (χ2n) is 3.21. The van der Waals surface area contributed by atoms with E-state index in [1.54, 1.807) is 18.2 Å². The Balaban J connectivity index is 2.63. The smallest absolute Gasteiger partial charge is 0.138 e. The third kappa shape index (κ3) is 2.87. The predicted molar refractivity (Wildman–Crippen MR) is 56.5 cm³/mol. The van der Waals surface area contributed by atoms with Gasteiger partial charge >= 0.3 is 0 Å². The summed E-state index contributed by atoms with van der Waals surface area (Å²) in [6.45, 7) is 2.43. The molecule has 0 aromatic heterocycles. The van der Waals surface area contributed by atoms with E-state index in [0.29, 0.717) is 11.6 Å². The standard InChI is InChI=1S/C10H14ClNO2/c1-7(6-13)12-5-8-3-2-4-9(11)10(8)14/h2-4,7,12-14H,5-6H2,1H3/t7-/m0/s1. The molecule has 0 aliphatic heterocycles. The second-order valence-corrected chi connectivity index (χ2v) is 3.62. The largest absolute Gasteiger partial charge is 0.506 e. The number of benzene rings is 1. The molecule has 0 amide bonds. The van der Waals surface area contributed by atoms with Gasteiger partial charge in [-0.2, -0.15) is 0 Å². The van der Waals surface area contributed by atoms with Crippen LogP contribution >= 0.6 is 11.6 Å². The fourth-order valence-corrected chi connectivity index (χ4v) is 1.25. The molecule has 0 aliphatic carbocycles. The number of phenolic OH excluding ortho intramolecular Hbond substituents is 1. The van der Waals surface area contributed by atoms with Gasteiger partial charge in [0.25, 0.3) is 0 Å². The number of aliphatic hydroxyl groups excluding tert-OH is 1. The highest BCUT2D eigenvalue weighted by Gasteiger charge is 2.05. The number of phenols is 1. The molecule has 0 unspecified atom stereocenters. The lowest BCUT2D eigenvalue weighted by molar-refractivity contribution is 0.250. The van der Waals surface area contributed by atoms with E-state index in [-0.39, 0.29) is 18.4 Å². The normalized spacial score (nSPS) is 12.8. The molecule has 78 valence electrons. The van der Waals surface area contributed by atoms with Gasteiger partial charge in [-0.3, -0.25) is 0 Å². The van der Waals surface area contributed by atoms with Crippen LogP contribution in [-0.4, -0.2) is 22.9 Å². The van der Waals surface area contributed by atoms with Gasteiger partial charge < -0.3 is 15.5 Å². The molecular weight excluding hydrogens is 202 g/mol. The minimum Gasteiger partial charge on any atom is -0.506 e. The van der Waals surface area contributed by atoms with Crippen LogP contribution in [0.2, 0.25) is 5.02 Å². The number of para-hydroxylation sites is 1. The van der Waals surface area contributed by atoms with E-state index in [4.69, 9.17) is 16.7 Å². The molecular formula is C10H14ClNO2. The molecule has 14 heavy (non-hydrogen) atoms. The molecule has 0 aliphatic rings. The molecule has 3 N–H and O–H groups in total. The number of rotatable bonds is 4. The topological polar surface area (TPSA) is 52.5 Å². The first-order valence-electron chi connectivity index (χ1n) is 4.45. The summed E-state index contributed by atoms with van der Waals surface area (Å²) in [5.41, 5.74) is 0.734. The highest BCUT2D eigenvalue weighted by Crippen LogP contribution is 2.26. The zero-order valence-electron chi connectivity index (χ0n) is 8.00. The molecule has 0 saturated heterocycles. The van der Waals surface area contributed by atoms with Crippen molar-refractivity contribution >= 4 is 11.6 Å². The lowest BCUT2D eigenvalue weighted by atomic mass is 10.2. The van der Waals surface area contributed by atoms with E-state index in [0.717, 1.165) is 5.56 Å². The van der Waals surface area contributed by atoms with Gasteiger partial charge in [0.2, 0.25) is 0 Å². The van der Waals surface area contributed by atoms with E-state index in [2.05, 4.69) is 5.32 Å². The molecule has 1 rings (SSSR count). The van der Waals surface area contributed by atoms with Crippen LogP contribution in [0, 0.1) is 0 Å². The Morgan fingerprint density at radius 1 is 1.50 bits per heavy atom. The van der Waals surface area contributed by atoms with Gasteiger partial charge in [-0.15, -0.1) is 0 Å². The summed E-state index contributed by atoms with van der Waals surface area (Å²) in [5, 5.41) is 21.7. The summed E-state index contributed by atoms with van der Waals surface area (Å²) in [4.78, 5) is 0. The fourth-order valence-electron chi connectivity index (χ4n) is 1.05. The Kier molecular flexibility index (Phi) is 4.20. The van der Waals surface area contributed by atoms with Crippen molar-refractivity contribution in [3.63, 3.8) is 0 Å². The Morgan fingerprint density at radius 3 is 2.86 bits per heavy atom. The molecule has 0 fully saturated rings. The summed E-state index contributed by atoms with van der Waals surface area (Å²) >= 11 is 5.74. The number of halogens is 1. The van der Waals surface area contributed by atoms with E-state index < -0.39 is 0 Å². The molecule has 0 bridgehead atoms. The summed E-state index contributed by atoms with van der Waals surface area (Å²) in [6, 6.07) is 5.21. The lowest BCUT2D eigenvalue weighted by Gasteiger charge is -2.11. The maximum atomic E-state index is 9.55. The van der Waals surface area contributed by atoms with Gasteiger partial charge in [-0.1, -0.05) is 23.7 Å². The van der Waals surface area contributed by atoms with Gasteiger partial charge in [-0.05, 0) is 13.0 Å². The van der Waals surface area contributed by atoms with Crippen LogP contribution in [0.5, 0.6) is 5.75 Å². The summed E-state index contributed by atoms with van der Waals surface area (Å²) in [5.74, 6) is 0.104. The first kappa shape index (κ1) is 11.3. The average Bonchev–Trinajstić information content (AvgIpc) is 2.20. The Hall–Kier alpha value is -0.770. The number of aliphatic hydroxyl groups is 1. The summed E-state index contributed by atoms with van der Waals surface area (Å²) in [6.07, 6.45) is 0. The van der Waals surface area contributed by atoms with E-state index in [1.807, 2.05) is 6.92 Å². The number of hydrogen-bond donors (Lipinski definition) is 3. The monoisotopic (exact) mass is 215 g/mol. The fraction of sp³-hybridized carbons (Fsp3) is 0.400. The van der Waals surface area contributed by atoms with Crippen molar-refractivity contribution < 1.29 is 10.2 Å². The van der Waals surface area contributed by atoms with Gasteiger partial charge in [-0.25, -0.2) is 0 Å². The van der Waals surface area contributed by atoms with E-state index in [1.165, 1.54) is 0 Å². The first-order valence-corrected chi connectivity index (χ1v) is 4.83. The minimum atomic E-state index is 0.00776. The van der Waals surface area contributed by atoms with Crippen LogP contribution in [0.1, 0.15) is 12.5 Å².